The summed E-state index contributed by atoms with van der Waals surface area (Å²) in [6, 6.07) is 12.4. The number of hydrogen-bond donors (Lipinski definition) is 1. The predicted octanol–water partition coefficient (Wildman–Crippen LogP) is 2.84. The first kappa shape index (κ1) is 13.7. The highest BCUT2D eigenvalue weighted by Crippen LogP contribution is 2.28. The zero-order valence-electron chi connectivity index (χ0n) is 11.4. The number of thiol groups is 1. The summed E-state index contributed by atoms with van der Waals surface area (Å²) in [5.41, 5.74) is 0. The molecule has 106 valence electrons. The van der Waals surface area contributed by atoms with E-state index in [4.69, 9.17) is 9.47 Å². The SMILES string of the molecule is Sc1cc2ccccc2cc1OCCN1CCOCC1. The zero-order chi connectivity index (χ0) is 13.8. The molecule has 1 fully saturated rings. The van der Waals surface area contributed by atoms with Gasteiger partial charge in [0.25, 0.3) is 0 Å². The molecule has 4 heteroatoms. The monoisotopic (exact) mass is 289 g/mol. The maximum atomic E-state index is 5.89. The number of fused-ring (bicyclic) bond motifs is 1. The molecular formula is C16H19NO2S. The molecular weight excluding hydrogens is 270 g/mol. The van der Waals surface area contributed by atoms with Crippen LogP contribution in [0.5, 0.6) is 5.75 Å². The Labute approximate surface area is 124 Å². The number of morpholine rings is 1. The molecule has 0 radical (unpaired) electrons. The molecule has 0 saturated carbocycles. The second-order valence-electron chi connectivity index (χ2n) is 4.97. The first-order valence-corrected chi connectivity index (χ1v) is 7.42. The number of rotatable bonds is 4. The van der Waals surface area contributed by atoms with Gasteiger partial charge in [-0.1, -0.05) is 24.3 Å². The molecule has 0 aromatic heterocycles. The first-order valence-electron chi connectivity index (χ1n) is 6.97. The highest BCUT2D eigenvalue weighted by Gasteiger charge is 2.10. The van der Waals surface area contributed by atoms with Crippen LogP contribution in [0.1, 0.15) is 0 Å². The summed E-state index contributed by atoms with van der Waals surface area (Å²) in [6.07, 6.45) is 0. The second kappa shape index (κ2) is 6.48. The third-order valence-corrected chi connectivity index (χ3v) is 3.95. The molecule has 0 atom stereocenters. The van der Waals surface area contributed by atoms with Gasteiger partial charge in [0, 0.05) is 24.5 Å². The molecule has 3 rings (SSSR count). The van der Waals surface area contributed by atoms with Crippen LogP contribution in [0.15, 0.2) is 41.3 Å². The van der Waals surface area contributed by atoms with Crippen molar-refractivity contribution >= 4 is 23.4 Å². The van der Waals surface area contributed by atoms with E-state index in [-0.39, 0.29) is 0 Å². The van der Waals surface area contributed by atoms with Crippen molar-refractivity contribution in [3.05, 3.63) is 36.4 Å². The minimum absolute atomic E-state index is 0.686. The minimum Gasteiger partial charge on any atom is -0.491 e. The fourth-order valence-corrected chi connectivity index (χ4v) is 2.70. The number of benzene rings is 2. The average Bonchev–Trinajstić information content (AvgIpc) is 2.49. The van der Waals surface area contributed by atoms with Crippen LogP contribution in [0.4, 0.5) is 0 Å². The van der Waals surface area contributed by atoms with E-state index in [2.05, 4.69) is 41.8 Å². The Balaban J connectivity index is 1.63. The maximum absolute atomic E-state index is 5.89. The van der Waals surface area contributed by atoms with E-state index in [9.17, 15) is 0 Å². The Morgan fingerprint density at radius 2 is 1.80 bits per heavy atom. The van der Waals surface area contributed by atoms with Crippen molar-refractivity contribution in [1.29, 1.82) is 0 Å². The van der Waals surface area contributed by atoms with E-state index in [1.165, 1.54) is 10.8 Å². The third-order valence-electron chi connectivity index (χ3n) is 3.60. The third kappa shape index (κ3) is 3.26. The smallest absolute Gasteiger partial charge is 0.133 e. The van der Waals surface area contributed by atoms with Gasteiger partial charge in [0.05, 0.1) is 13.2 Å². The van der Waals surface area contributed by atoms with Crippen LogP contribution in [-0.4, -0.2) is 44.4 Å². The molecule has 0 amide bonds. The van der Waals surface area contributed by atoms with Gasteiger partial charge in [0.15, 0.2) is 0 Å². The number of ether oxygens (including phenoxy) is 2. The molecule has 20 heavy (non-hydrogen) atoms. The quantitative estimate of drug-likeness (QED) is 0.875. The van der Waals surface area contributed by atoms with E-state index in [0.717, 1.165) is 43.5 Å². The highest BCUT2D eigenvalue weighted by molar-refractivity contribution is 7.80. The Morgan fingerprint density at radius 3 is 2.55 bits per heavy atom. The van der Waals surface area contributed by atoms with Gasteiger partial charge in [-0.25, -0.2) is 0 Å². The van der Waals surface area contributed by atoms with Gasteiger partial charge in [-0.05, 0) is 22.9 Å². The second-order valence-corrected chi connectivity index (χ2v) is 5.45. The molecule has 3 nitrogen and oxygen atoms in total. The summed E-state index contributed by atoms with van der Waals surface area (Å²) in [5, 5.41) is 2.38. The lowest BCUT2D eigenvalue weighted by molar-refractivity contribution is 0.0321. The molecule has 0 unspecified atom stereocenters. The lowest BCUT2D eigenvalue weighted by atomic mass is 10.1. The largest absolute Gasteiger partial charge is 0.491 e. The molecule has 0 N–H and O–H groups in total. The summed E-state index contributed by atoms with van der Waals surface area (Å²) < 4.78 is 11.2. The van der Waals surface area contributed by atoms with Crippen LogP contribution in [0, 0.1) is 0 Å². The fraction of sp³-hybridized carbons (Fsp3) is 0.375. The lowest BCUT2D eigenvalue weighted by Crippen LogP contribution is -2.38. The average molecular weight is 289 g/mol. The Kier molecular flexibility index (Phi) is 4.45. The number of nitrogens with zero attached hydrogens (tertiary/aromatic N) is 1. The van der Waals surface area contributed by atoms with Crippen LogP contribution in [-0.2, 0) is 4.74 Å². The van der Waals surface area contributed by atoms with Crippen LogP contribution in [0.2, 0.25) is 0 Å². The topological polar surface area (TPSA) is 21.7 Å². The molecule has 1 aliphatic rings. The summed E-state index contributed by atoms with van der Waals surface area (Å²) in [5.74, 6) is 0.861. The van der Waals surface area contributed by atoms with Gasteiger partial charge in [-0.15, -0.1) is 12.6 Å². The van der Waals surface area contributed by atoms with Crippen molar-refractivity contribution in [2.75, 3.05) is 39.5 Å². The van der Waals surface area contributed by atoms with Gasteiger partial charge in [-0.2, -0.15) is 0 Å². The normalized spacial score (nSPS) is 16.4. The molecule has 1 saturated heterocycles. The van der Waals surface area contributed by atoms with Crippen LogP contribution < -0.4 is 4.74 Å². The maximum Gasteiger partial charge on any atom is 0.133 e. The Morgan fingerprint density at radius 1 is 1.10 bits per heavy atom. The summed E-state index contributed by atoms with van der Waals surface area (Å²) >= 11 is 4.52. The molecule has 0 aliphatic carbocycles. The highest BCUT2D eigenvalue weighted by atomic mass is 32.1. The van der Waals surface area contributed by atoms with Crippen LogP contribution >= 0.6 is 12.6 Å². The van der Waals surface area contributed by atoms with Crippen molar-refractivity contribution in [3.8, 4) is 5.75 Å². The van der Waals surface area contributed by atoms with Crippen molar-refractivity contribution < 1.29 is 9.47 Å². The molecule has 2 aromatic carbocycles. The van der Waals surface area contributed by atoms with E-state index >= 15 is 0 Å². The standard InChI is InChI=1S/C16H19NO2S/c20-16-12-14-4-2-1-3-13(14)11-15(16)19-10-7-17-5-8-18-9-6-17/h1-4,11-12,20H,5-10H2. The van der Waals surface area contributed by atoms with Crippen molar-refractivity contribution in [2.24, 2.45) is 0 Å². The molecule has 0 spiro atoms. The zero-order valence-corrected chi connectivity index (χ0v) is 12.3. The summed E-state index contributed by atoms with van der Waals surface area (Å²) in [7, 11) is 0. The first-order chi connectivity index (χ1) is 9.83. The van der Waals surface area contributed by atoms with E-state index in [1.54, 1.807) is 0 Å². The van der Waals surface area contributed by atoms with Crippen molar-refractivity contribution in [1.82, 2.24) is 4.90 Å². The van der Waals surface area contributed by atoms with Crippen molar-refractivity contribution in [2.45, 2.75) is 4.90 Å². The molecule has 1 heterocycles. The molecule has 0 bridgehead atoms. The molecule has 1 aliphatic heterocycles. The Hall–Kier alpha value is -1.23. The van der Waals surface area contributed by atoms with E-state index < -0.39 is 0 Å². The summed E-state index contributed by atoms with van der Waals surface area (Å²) in [6.45, 7) is 5.26. The predicted molar refractivity (Wildman–Crippen MR) is 84.0 cm³/mol. The van der Waals surface area contributed by atoms with Crippen LogP contribution in [0.25, 0.3) is 10.8 Å². The molecule has 2 aromatic rings. The van der Waals surface area contributed by atoms with Crippen molar-refractivity contribution in [3.63, 3.8) is 0 Å². The van der Waals surface area contributed by atoms with Gasteiger partial charge in [-0.3, -0.25) is 4.90 Å². The van der Waals surface area contributed by atoms with Crippen LogP contribution in [0.3, 0.4) is 0 Å². The van der Waals surface area contributed by atoms with Gasteiger partial charge < -0.3 is 9.47 Å². The van der Waals surface area contributed by atoms with E-state index in [1.807, 2.05) is 12.1 Å². The Bertz CT molecular complexity index is 582. The fourth-order valence-electron chi connectivity index (χ4n) is 2.43. The van der Waals surface area contributed by atoms with Gasteiger partial charge >= 0.3 is 0 Å². The van der Waals surface area contributed by atoms with Gasteiger partial charge in [0.2, 0.25) is 0 Å². The number of hydrogen-bond acceptors (Lipinski definition) is 4. The lowest BCUT2D eigenvalue weighted by Gasteiger charge is -2.26. The summed E-state index contributed by atoms with van der Waals surface area (Å²) in [4.78, 5) is 3.26. The minimum atomic E-state index is 0.686. The van der Waals surface area contributed by atoms with Gasteiger partial charge in [0.1, 0.15) is 12.4 Å². The van der Waals surface area contributed by atoms with E-state index in [0.29, 0.717) is 6.61 Å².